The molecule has 0 saturated carbocycles. The zero-order chi connectivity index (χ0) is 19.0. The van der Waals surface area contributed by atoms with Crippen LogP contribution in [0.15, 0.2) is 47.8 Å². The zero-order valence-corrected chi connectivity index (χ0v) is 13.9. The molecule has 1 aromatic carbocycles. The minimum atomic E-state index is -1.32. The van der Waals surface area contributed by atoms with Crippen molar-refractivity contribution >= 4 is 17.1 Å². The number of esters is 1. The number of hydrogen-bond acceptors (Lipinski definition) is 8. The smallest absolute Gasteiger partial charge is 0.338 e. The number of nitrogens with zero attached hydrogens (tertiary/aromatic N) is 3. The Morgan fingerprint density at radius 1 is 1.22 bits per heavy atom. The van der Waals surface area contributed by atoms with E-state index in [1.54, 1.807) is 30.3 Å². The second kappa shape index (κ2) is 6.91. The van der Waals surface area contributed by atoms with E-state index in [-0.39, 0.29) is 17.8 Å². The summed E-state index contributed by atoms with van der Waals surface area (Å²) in [5.41, 5.74) is 0.227. The lowest BCUT2D eigenvalue weighted by Crippen LogP contribution is -2.34. The fourth-order valence-electron chi connectivity index (χ4n) is 2.96. The highest BCUT2D eigenvalue weighted by atomic mass is 16.6. The van der Waals surface area contributed by atoms with Crippen LogP contribution in [-0.2, 0) is 9.47 Å². The molecule has 1 saturated heterocycles. The van der Waals surface area contributed by atoms with Crippen molar-refractivity contribution in [2.24, 2.45) is 0 Å². The van der Waals surface area contributed by atoms with E-state index in [2.05, 4.69) is 15.0 Å². The average molecular weight is 372 g/mol. The molecule has 1 fully saturated rings. The third kappa shape index (κ3) is 3.10. The molecule has 3 N–H and O–H groups in total. The van der Waals surface area contributed by atoms with Gasteiger partial charge < -0.3 is 24.7 Å². The number of hydrogen-bond donors (Lipinski definition) is 3. The summed E-state index contributed by atoms with van der Waals surface area (Å²) >= 11 is 0. The first-order valence-corrected chi connectivity index (χ1v) is 8.20. The second-order valence-electron chi connectivity index (χ2n) is 6.07. The third-order valence-corrected chi connectivity index (χ3v) is 4.36. The topological polar surface area (TPSA) is 140 Å². The molecule has 3 heterocycles. The number of fused-ring (bicyclic) bond motifs is 1. The van der Waals surface area contributed by atoms with Gasteiger partial charge in [0.25, 0.3) is 5.56 Å². The summed E-state index contributed by atoms with van der Waals surface area (Å²) in [7, 11) is 0. The second-order valence-corrected chi connectivity index (χ2v) is 6.07. The molecule has 10 heteroatoms. The van der Waals surface area contributed by atoms with E-state index >= 15 is 0 Å². The van der Waals surface area contributed by atoms with Crippen molar-refractivity contribution < 1.29 is 24.5 Å². The van der Waals surface area contributed by atoms with Gasteiger partial charge in [-0.15, -0.1) is 0 Å². The quantitative estimate of drug-likeness (QED) is 0.526. The summed E-state index contributed by atoms with van der Waals surface area (Å²) in [6, 6.07) is 8.39. The van der Waals surface area contributed by atoms with Gasteiger partial charge in [0, 0.05) is 0 Å². The normalized spacial score (nSPS) is 25.0. The van der Waals surface area contributed by atoms with Gasteiger partial charge in [-0.3, -0.25) is 9.36 Å². The van der Waals surface area contributed by atoms with Crippen LogP contribution in [0.4, 0.5) is 0 Å². The standard InChI is InChI=1S/C17H16N4O6/c22-12-10(6-26-17(25)9-4-2-1-3-5-9)27-16(13(12)23)21-8-20-11-14(21)18-7-19-15(11)24/h1-5,7-8,10,12-13,16,22-23H,6H2,(H,18,19,24)/t10-,12-,13+,16-/m0/s1. The molecule has 140 valence electrons. The van der Waals surface area contributed by atoms with Crippen LogP contribution in [0.2, 0.25) is 0 Å². The molecule has 4 atom stereocenters. The van der Waals surface area contributed by atoms with Crippen LogP contribution in [0, 0.1) is 0 Å². The third-order valence-electron chi connectivity index (χ3n) is 4.36. The minimum Gasteiger partial charge on any atom is -0.459 e. The summed E-state index contributed by atoms with van der Waals surface area (Å²) in [6.07, 6.45) is -2.08. The van der Waals surface area contributed by atoms with Crippen molar-refractivity contribution in [2.45, 2.75) is 24.5 Å². The lowest BCUT2D eigenvalue weighted by molar-refractivity contribution is -0.0565. The first-order chi connectivity index (χ1) is 13.1. The summed E-state index contributed by atoms with van der Waals surface area (Å²) in [5, 5.41) is 20.6. The number of rotatable bonds is 4. The van der Waals surface area contributed by atoms with Crippen LogP contribution in [0.1, 0.15) is 16.6 Å². The Balaban J connectivity index is 1.50. The monoisotopic (exact) mass is 372 g/mol. The van der Waals surface area contributed by atoms with Crippen LogP contribution >= 0.6 is 0 Å². The zero-order valence-electron chi connectivity index (χ0n) is 13.9. The number of aromatic nitrogens is 4. The van der Waals surface area contributed by atoms with Gasteiger partial charge in [0.15, 0.2) is 17.4 Å². The summed E-state index contributed by atoms with van der Waals surface area (Å²) < 4.78 is 12.2. The van der Waals surface area contributed by atoms with Gasteiger partial charge in [0.05, 0.1) is 18.2 Å². The van der Waals surface area contributed by atoms with Crippen LogP contribution in [-0.4, -0.2) is 60.6 Å². The van der Waals surface area contributed by atoms with E-state index < -0.39 is 36.1 Å². The summed E-state index contributed by atoms with van der Waals surface area (Å²) in [4.78, 5) is 34.2. The van der Waals surface area contributed by atoms with Crippen LogP contribution in [0.5, 0.6) is 0 Å². The number of imidazole rings is 1. The van der Waals surface area contributed by atoms with Gasteiger partial charge >= 0.3 is 5.97 Å². The molecule has 1 aliphatic heterocycles. The Labute approximate surface area is 152 Å². The molecule has 0 amide bonds. The highest BCUT2D eigenvalue weighted by Crippen LogP contribution is 2.31. The number of aromatic amines is 1. The van der Waals surface area contributed by atoms with Crippen molar-refractivity contribution in [1.29, 1.82) is 0 Å². The van der Waals surface area contributed by atoms with Crippen molar-refractivity contribution in [1.82, 2.24) is 19.5 Å². The molecule has 1 aliphatic rings. The molecular weight excluding hydrogens is 356 g/mol. The van der Waals surface area contributed by atoms with Crippen molar-refractivity contribution in [3.8, 4) is 0 Å². The molecule has 4 rings (SSSR count). The van der Waals surface area contributed by atoms with Crippen molar-refractivity contribution in [3.05, 3.63) is 58.9 Å². The van der Waals surface area contributed by atoms with Gasteiger partial charge in [-0.25, -0.2) is 14.8 Å². The molecular formula is C17H16N4O6. The van der Waals surface area contributed by atoms with Crippen LogP contribution in [0.25, 0.3) is 11.2 Å². The number of benzene rings is 1. The van der Waals surface area contributed by atoms with E-state index in [4.69, 9.17) is 9.47 Å². The van der Waals surface area contributed by atoms with E-state index in [0.29, 0.717) is 5.56 Å². The van der Waals surface area contributed by atoms with E-state index in [9.17, 15) is 19.8 Å². The highest BCUT2D eigenvalue weighted by Gasteiger charge is 2.45. The van der Waals surface area contributed by atoms with E-state index in [1.165, 1.54) is 17.2 Å². The molecule has 27 heavy (non-hydrogen) atoms. The largest absolute Gasteiger partial charge is 0.459 e. The van der Waals surface area contributed by atoms with Crippen LogP contribution < -0.4 is 5.56 Å². The molecule has 0 unspecified atom stereocenters. The fourth-order valence-corrected chi connectivity index (χ4v) is 2.96. The van der Waals surface area contributed by atoms with Gasteiger partial charge in [-0.1, -0.05) is 18.2 Å². The van der Waals surface area contributed by atoms with Gasteiger partial charge in [-0.05, 0) is 12.1 Å². The molecule has 3 aromatic rings. The maximum Gasteiger partial charge on any atom is 0.338 e. The number of aliphatic hydroxyl groups excluding tert-OH is 2. The molecule has 0 aliphatic carbocycles. The van der Waals surface area contributed by atoms with Crippen molar-refractivity contribution in [2.75, 3.05) is 6.61 Å². The number of nitrogens with one attached hydrogen (secondary N) is 1. The SMILES string of the molecule is O=C(OC[C@@H]1O[C@H](n2cnc3c(=O)[nH]cnc32)[C@H](O)[C@H]1O)c1ccccc1. The molecule has 0 spiro atoms. The lowest BCUT2D eigenvalue weighted by Gasteiger charge is -2.16. The van der Waals surface area contributed by atoms with Crippen LogP contribution in [0.3, 0.4) is 0 Å². The Kier molecular flexibility index (Phi) is 4.44. The number of aliphatic hydroxyl groups is 2. The Morgan fingerprint density at radius 2 is 2.00 bits per heavy atom. The first kappa shape index (κ1) is 17.3. The molecule has 0 radical (unpaired) electrons. The summed E-state index contributed by atoms with van der Waals surface area (Å²) in [6.45, 7) is -0.247. The first-order valence-electron chi connectivity index (χ1n) is 8.20. The number of carbonyl (C=O) groups is 1. The lowest BCUT2D eigenvalue weighted by atomic mass is 10.1. The predicted molar refractivity (Wildman–Crippen MR) is 90.8 cm³/mol. The Hall–Kier alpha value is -3.08. The minimum absolute atomic E-state index is 0.0849. The summed E-state index contributed by atoms with van der Waals surface area (Å²) in [5.74, 6) is -0.564. The maximum atomic E-state index is 12.0. The number of carbonyl (C=O) groups excluding carboxylic acids is 1. The Bertz CT molecular complexity index is 1020. The van der Waals surface area contributed by atoms with Crippen molar-refractivity contribution in [3.63, 3.8) is 0 Å². The molecule has 0 bridgehead atoms. The predicted octanol–water partition coefficient (Wildman–Crippen LogP) is -0.404. The van der Waals surface area contributed by atoms with Gasteiger partial charge in [-0.2, -0.15) is 0 Å². The highest BCUT2D eigenvalue weighted by molar-refractivity contribution is 5.89. The molecule has 10 nitrogen and oxygen atoms in total. The average Bonchev–Trinajstić information content (AvgIpc) is 3.23. The number of ether oxygens (including phenoxy) is 2. The van der Waals surface area contributed by atoms with Gasteiger partial charge in [0.1, 0.15) is 24.9 Å². The van der Waals surface area contributed by atoms with E-state index in [1.807, 2.05) is 0 Å². The molecule has 2 aromatic heterocycles. The van der Waals surface area contributed by atoms with Gasteiger partial charge in [0.2, 0.25) is 0 Å². The Morgan fingerprint density at radius 3 is 2.78 bits per heavy atom. The fraction of sp³-hybridized carbons (Fsp3) is 0.294. The number of H-pyrrole nitrogens is 1. The van der Waals surface area contributed by atoms with E-state index in [0.717, 1.165) is 0 Å². The maximum absolute atomic E-state index is 12.0.